The van der Waals surface area contributed by atoms with Crippen LogP contribution in [0.5, 0.6) is 0 Å². The Morgan fingerprint density at radius 2 is 2.22 bits per heavy atom. The average Bonchev–Trinajstić information content (AvgIpc) is 2.82. The number of benzene rings is 1. The maximum absolute atomic E-state index is 12.0. The average molecular weight is 270 g/mol. The van der Waals surface area contributed by atoms with Gasteiger partial charge in [0.1, 0.15) is 0 Å². The molecule has 0 amide bonds. The summed E-state index contributed by atoms with van der Waals surface area (Å²) in [6.07, 6.45) is 0.606. The highest BCUT2D eigenvalue weighted by Crippen LogP contribution is 2.26. The summed E-state index contributed by atoms with van der Waals surface area (Å²) in [5.74, 6) is -0.266. The van der Waals surface area contributed by atoms with Gasteiger partial charge in [-0.1, -0.05) is 11.6 Å². The van der Waals surface area contributed by atoms with Crippen LogP contribution in [0.15, 0.2) is 24.3 Å². The molecule has 0 spiro atoms. The first kappa shape index (κ1) is 13.2. The van der Waals surface area contributed by atoms with Crippen LogP contribution < -0.4 is 5.32 Å². The van der Waals surface area contributed by atoms with Crippen LogP contribution in [0.25, 0.3) is 0 Å². The third-order valence-corrected chi connectivity index (χ3v) is 3.17. The number of nitrogens with one attached hydrogen (secondary N) is 1. The second-order valence-corrected chi connectivity index (χ2v) is 4.67. The van der Waals surface area contributed by atoms with Gasteiger partial charge < -0.3 is 14.8 Å². The van der Waals surface area contributed by atoms with Gasteiger partial charge >= 0.3 is 5.97 Å². The van der Waals surface area contributed by atoms with Crippen molar-refractivity contribution in [3.63, 3.8) is 0 Å². The van der Waals surface area contributed by atoms with E-state index in [2.05, 4.69) is 5.32 Å². The molecule has 1 atom stereocenters. The Balaban J connectivity index is 2.15. The van der Waals surface area contributed by atoms with Crippen LogP contribution in [-0.4, -0.2) is 31.3 Å². The standard InChI is InChI=1S/C13H16ClNO3/c1-2-18-12(16)13(7-8-17-9-13)15-11-5-3-10(14)4-6-11/h3-6,15H,2,7-9H2,1H3. The molecule has 1 aromatic rings. The SMILES string of the molecule is CCOC(=O)C1(Nc2ccc(Cl)cc2)CCOC1. The lowest BCUT2D eigenvalue weighted by molar-refractivity contribution is -0.148. The van der Waals surface area contributed by atoms with Crippen molar-refractivity contribution in [2.75, 3.05) is 25.1 Å². The molecular weight excluding hydrogens is 254 g/mol. The fourth-order valence-corrected chi connectivity index (χ4v) is 2.08. The Morgan fingerprint density at radius 3 is 2.78 bits per heavy atom. The van der Waals surface area contributed by atoms with E-state index in [1.807, 2.05) is 12.1 Å². The Hall–Kier alpha value is -1.26. The molecule has 1 fully saturated rings. The van der Waals surface area contributed by atoms with Gasteiger partial charge in [0.05, 0.1) is 13.2 Å². The second kappa shape index (κ2) is 5.59. The summed E-state index contributed by atoms with van der Waals surface area (Å²) in [6, 6.07) is 7.22. The van der Waals surface area contributed by atoms with Gasteiger partial charge in [0, 0.05) is 23.7 Å². The highest BCUT2D eigenvalue weighted by molar-refractivity contribution is 6.30. The number of rotatable bonds is 4. The molecule has 1 aliphatic heterocycles. The maximum Gasteiger partial charge on any atom is 0.334 e. The smallest absolute Gasteiger partial charge is 0.334 e. The van der Waals surface area contributed by atoms with Crippen molar-refractivity contribution >= 4 is 23.3 Å². The van der Waals surface area contributed by atoms with E-state index in [0.717, 1.165) is 5.69 Å². The molecule has 1 N–H and O–H groups in total. The third-order valence-electron chi connectivity index (χ3n) is 2.92. The van der Waals surface area contributed by atoms with Gasteiger partial charge in [-0.2, -0.15) is 0 Å². The van der Waals surface area contributed by atoms with E-state index in [0.29, 0.717) is 31.3 Å². The van der Waals surface area contributed by atoms with Gasteiger partial charge in [-0.15, -0.1) is 0 Å². The van der Waals surface area contributed by atoms with Gasteiger partial charge in [-0.05, 0) is 31.2 Å². The molecule has 1 aliphatic rings. The highest BCUT2D eigenvalue weighted by atomic mass is 35.5. The Kier molecular flexibility index (Phi) is 4.09. The molecule has 98 valence electrons. The minimum Gasteiger partial charge on any atom is -0.464 e. The summed E-state index contributed by atoms with van der Waals surface area (Å²) in [7, 11) is 0. The zero-order chi connectivity index (χ0) is 13.0. The second-order valence-electron chi connectivity index (χ2n) is 4.24. The molecule has 0 aromatic heterocycles. The minimum atomic E-state index is -0.774. The van der Waals surface area contributed by atoms with E-state index in [-0.39, 0.29) is 5.97 Å². The Morgan fingerprint density at radius 1 is 1.50 bits per heavy atom. The highest BCUT2D eigenvalue weighted by Gasteiger charge is 2.43. The summed E-state index contributed by atoms with van der Waals surface area (Å²) in [5, 5.41) is 3.87. The molecule has 2 rings (SSSR count). The zero-order valence-corrected chi connectivity index (χ0v) is 11.0. The molecule has 1 unspecified atom stereocenters. The molecule has 1 heterocycles. The molecule has 0 bridgehead atoms. The fraction of sp³-hybridized carbons (Fsp3) is 0.462. The minimum absolute atomic E-state index is 0.266. The number of carbonyl (C=O) groups is 1. The predicted molar refractivity (Wildman–Crippen MR) is 69.9 cm³/mol. The molecule has 0 aliphatic carbocycles. The first-order chi connectivity index (χ1) is 8.66. The van der Waals surface area contributed by atoms with E-state index in [4.69, 9.17) is 21.1 Å². The number of ether oxygens (including phenoxy) is 2. The van der Waals surface area contributed by atoms with Crippen LogP contribution in [0.1, 0.15) is 13.3 Å². The molecule has 18 heavy (non-hydrogen) atoms. The molecular formula is C13H16ClNO3. The molecule has 1 saturated heterocycles. The van der Waals surface area contributed by atoms with Crippen molar-refractivity contribution in [3.8, 4) is 0 Å². The summed E-state index contributed by atoms with van der Waals surface area (Å²) in [6.45, 7) is 3.04. The number of esters is 1. The number of anilines is 1. The number of hydrogen-bond donors (Lipinski definition) is 1. The first-order valence-corrected chi connectivity index (χ1v) is 6.33. The predicted octanol–water partition coefficient (Wildman–Crippen LogP) is 2.47. The summed E-state index contributed by atoms with van der Waals surface area (Å²) in [5.41, 5.74) is 0.0575. The lowest BCUT2D eigenvalue weighted by atomic mass is 9.98. The third kappa shape index (κ3) is 2.76. The quantitative estimate of drug-likeness (QED) is 0.853. The fourth-order valence-electron chi connectivity index (χ4n) is 1.95. The van der Waals surface area contributed by atoms with Crippen LogP contribution in [0.3, 0.4) is 0 Å². The molecule has 1 aromatic carbocycles. The van der Waals surface area contributed by atoms with Gasteiger partial charge in [-0.3, -0.25) is 0 Å². The Bertz CT molecular complexity index is 413. The van der Waals surface area contributed by atoms with E-state index in [9.17, 15) is 4.79 Å². The molecule has 0 radical (unpaired) electrons. The number of halogens is 1. The lowest BCUT2D eigenvalue weighted by Gasteiger charge is -2.27. The van der Waals surface area contributed by atoms with E-state index in [1.165, 1.54) is 0 Å². The van der Waals surface area contributed by atoms with E-state index < -0.39 is 5.54 Å². The van der Waals surface area contributed by atoms with Crippen LogP contribution >= 0.6 is 11.6 Å². The van der Waals surface area contributed by atoms with Crippen LogP contribution in [-0.2, 0) is 14.3 Å². The van der Waals surface area contributed by atoms with Gasteiger partial charge in [0.25, 0.3) is 0 Å². The van der Waals surface area contributed by atoms with E-state index >= 15 is 0 Å². The zero-order valence-electron chi connectivity index (χ0n) is 10.2. The van der Waals surface area contributed by atoms with Crippen molar-refractivity contribution in [3.05, 3.63) is 29.3 Å². The van der Waals surface area contributed by atoms with Crippen molar-refractivity contribution < 1.29 is 14.3 Å². The molecule has 5 heteroatoms. The molecule has 0 saturated carbocycles. The molecule has 4 nitrogen and oxygen atoms in total. The van der Waals surface area contributed by atoms with Crippen molar-refractivity contribution in [2.45, 2.75) is 18.9 Å². The summed E-state index contributed by atoms with van der Waals surface area (Å²) >= 11 is 5.83. The van der Waals surface area contributed by atoms with Gasteiger partial charge in [0.15, 0.2) is 5.54 Å². The Labute approximate surface area is 111 Å². The lowest BCUT2D eigenvalue weighted by Crippen LogP contribution is -2.48. The maximum atomic E-state index is 12.0. The van der Waals surface area contributed by atoms with Crippen LogP contribution in [0, 0.1) is 0 Å². The summed E-state index contributed by atoms with van der Waals surface area (Å²) in [4.78, 5) is 12.0. The van der Waals surface area contributed by atoms with Gasteiger partial charge in [-0.25, -0.2) is 4.79 Å². The van der Waals surface area contributed by atoms with Gasteiger partial charge in [0.2, 0.25) is 0 Å². The normalized spacial score (nSPS) is 22.8. The van der Waals surface area contributed by atoms with Crippen molar-refractivity contribution in [1.29, 1.82) is 0 Å². The number of hydrogen-bond acceptors (Lipinski definition) is 4. The van der Waals surface area contributed by atoms with Crippen LogP contribution in [0.4, 0.5) is 5.69 Å². The topological polar surface area (TPSA) is 47.6 Å². The van der Waals surface area contributed by atoms with E-state index in [1.54, 1.807) is 19.1 Å². The first-order valence-electron chi connectivity index (χ1n) is 5.95. The van der Waals surface area contributed by atoms with Crippen molar-refractivity contribution in [1.82, 2.24) is 0 Å². The van der Waals surface area contributed by atoms with Crippen LogP contribution in [0.2, 0.25) is 5.02 Å². The largest absolute Gasteiger partial charge is 0.464 e. The number of carbonyl (C=O) groups excluding carboxylic acids is 1. The van der Waals surface area contributed by atoms with Crippen molar-refractivity contribution in [2.24, 2.45) is 0 Å². The summed E-state index contributed by atoms with van der Waals surface area (Å²) < 4.78 is 10.5. The monoisotopic (exact) mass is 269 g/mol.